The molecule has 8 rings (SSSR count). The third-order valence-corrected chi connectivity index (χ3v) is 14.7. The van der Waals surface area contributed by atoms with Crippen molar-refractivity contribution in [2.45, 2.75) is 57.4 Å². The first-order valence-corrected chi connectivity index (χ1v) is 25.0. The van der Waals surface area contributed by atoms with Crippen molar-refractivity contribution in [1.82, 2.24) is 30.1 Å². The van der Waals surface area contributed by atoms with E-state index in [0.717, 1.165) is 69.8 Å². The van der Waals surface area contributed by atoms with E-state index >= 15 is 8.78 Å². The van der Waals surface area contributed by atoms with Crippen molar-refractivity contribution >= 4 is 79.9 Å². The van der Waals surface area contributed by atoms with Crippen LogP contribution in [0.25, 0.3) is 10.9 Å². The van der Waals surface area contributed by atoms with Gasteiger partial charge in [0, 0.05) is 98.5 Å². The number of imide groups is 1. The summed E-state index contributed by atoms with van der Waals surface area (Å²) in [4.78, 5) is 44.8. The number of fused-ring (bicyclic) bond motifs is 1. The second kappa shape index (κ2) is 19.2. The van der Waals surface area contributed by atoms with Gasteiger partial charge in [0.05, 0.1) is 40.6 Å². The summed E-state index contributed by atoms with van der Waals surface area (Å²) in [6.07, 6.45) is 6.65. The maximum atomic E-state index is 15.1. The van der Waals surface area contributed by atoms with Crippen molar-refractivity contribution < 1.29 is 32.1 Å². The fourth-order valence-corrected chi connectivity index (χ4v) is 11.0. The lowest BCUT2D eigenvalue weighted by Gasteiger charge is -2.43. The normalized spacial score (nSPS) is 18.1. The number of carbonyl (C=O) groups excluding carboxylic acids is 2. The Morgan fingerprint density at radius 2 is 1.64 bits per heavy atom. The van der Waals surface area contributed by atoms with Crippen LogP contribution in [0.1, 0.15) is 55.2 Å². The SMILES string of the molecule is CCc1cc(Nc2ncc(Br)c(Nc3cnc4cc(F)ccc4c3P(C)(C)=O)n2)c(OC)cc1N1CCC(N2CCN(CCc3cc(F)c(C4CCC(=O)NC4=O)c(F)c3)CC2)CC1. The smallest absolute Gasteiger partial charge is 0.234 e. The number of methoxy groups -OCH3 is 1. The number of nitrogens with zero attached hydrogens (tertiary/aromatic N) is 6. The van der Waals surface area contributed by atoms with Crippen LogP contribution >= 0.6 is 23.1 Å². The minimum absolute atomic E-state index is 0.0588. The number of nitrogens with one attached hydrogen (secondary N) is 3. The molecule has 3 saturated heterocycles. The van der Waals surface area contributed by atoms with E-state index in [1.165, 1.54) is 24.3 Å². The van der Waals surface area contributed by atoms with Gasteiger partial charge >= 0.3 is 0 Å². The second-order valence-corrected chi connectivity index (χ2v) is 21.0. The Balaban J connectivity index is 0.872. The zero-order valence-electron chi connectivity index (χ0n) is 36.3. The molecule has 3 aliphatic rings. The number of rotatable bonds is 13. The highest BCUT2D eigenvalue weighted by atomic mass is 79.9. The van der Waals surface area contributed by atoms with E-state index in [1.54, 1.807) is 38.9 Å². The number of halogens is 4. The summed E-state index contributed by atoms with van der Waals surface area (Å²) in [7, 11) is -1.22. The minimum atomic E-state index is -2.86. The van der Waals surface area contributed by atoms with Crippen molar-refractivity contribution in [1.29, 1.82) is 0 Å². The summed E-state index contributed by atoms with van der Waals surface area (Å²) in [6, 6.07) is 11.5. The Kier molecular flexibility index (Phi) is 13.6. The number of piperidine rings is 2. The first-order chi connectivity index (χ1) is 30.7. The lowest BCUT2D eigenvalue weighted by molar-refractivity contribution is -0.134. The van der Waals surface area contributed by atoms with Crippen LogP contribution in [0.2, 0.25) is 0 Å². The largest absolute Gasteiger partial charge is 0.494 e. The van der Waals surface area contributed by atoms with Crippen LogP contribution < -0.4 is 30.9 Å². The zero-order valence-corrected chi connectivity index (χ0v) is 38.8. The highest BCUT2D eigenvalue weighted by Crippen LogP contribution is 2.42. The first-order valence-electron chi connectivity index (χ1n) is 21.6. The molecule has 3 fully saturated rings. The average Bonchev–Trinajstić information content (AvgIpc) is 3.27. The number of aryl methyl sites for hydroxylation is 1. The molecule has 5 heterocycles. The molecule has 64 heavy (non-hydrogen) atoms. The van der Waals surface area contributed by atoms with E-state index in [0.29, 0.717) is 74.1 Å². The van der Waals surface area contributed by atoms with Gasteiger partial charge in [-0.1, -0.05) is 6.92 Å². The monoisotopic (exact) mass is 961 g/mol. The number of hydrogen-bond donors (Lipinski definition) is 3. The molecule has 13 nitrogen and oxygen atoms in total. The number of benzene rings is 3. The molecule has 2 amide bonds. The van der Waals surface area contributed by atoms with Crippen LogP contribution in [0, 0.1) is 17.5 Å². The summed E-state index contributed by atoms with van der Waals surface area (Å²) >= 11 is 3.55. The quantitative estimate of drug-likeness (QED) is 0.0781. The first kappa shape index (κ1) is 45.5. The molecular weight excluding hydrogens is 910 g/mol. The molecule has 3 N–H and O–H groups in total. The van der Waals surface area contributed by atoms with Crippen LogP contribution in [-0.2, 0) is 27.0 Å². The molecule has 1 atom stereocenters. The molecule has 18 heteroatoms. The molecule has 0 saturated carbocycles. The van der Waals surface area contributed by atoms with E-state index < -0.39 is 42.3 Å². The van der Waals surface area contributed by atoms with Crippen LogP contribution in [0.4, 0.5) is 42.0 Å². The van der Waals surface area contributed by atoms with E-state index in [-0.39, 0.29) is 18.4 Å². The number of pyridine rings is 1. The van der Waals surface area contributed by atoms with Crippen molar-refractivity contribution in [3.63, 3.8) is 0 Å². The lowest BCUT2D eigenvalue weighted by Crippen LogP contribution is -2.53. The van der Waals surface area contributed by atoms with Gasteiger partial charge in [-0.3, -0.25) is 24.8 Å². The van der Waals surface area contributed by atoms with Gasteiger partial charge in [0.25, 0.3) is 0 Å². The van der Waals surface area contributed by atoms with E-state index in [1.807, 2.05) is 0 Å². The molecule has 2 aromatic heterocycles. The van der Waals surface area contributed by atoms with Crippen molar-refractivity contribution in [3.8, 4) is 5.75 Å². The summed E-state index contributed by atoms with van der Waals surface area (Å²) in [5.41, 5.74) is 4.20. The fraction of sp³-hybridized carbons (Fsp3) is 0.413. The second-order valence-electron chi connectivity index (χ2n) is 17.0. The predicted molar refractivity (Wildman–Crippen MR) is 248 cm³/mol. The average molecular weight is 963 g/mol. The number of ether oxygens (including phenoxy) is 1. The van der Waals surface area contributed by atoms with Crippen LogP contribution in [0.15, 0.2) is 59.3 Å². The van der Waals surface area contributed by atoms with Crippen molar-refractivity contribution in [2.75, 3.05) is 81.8 Å². The highest BCUT2D eigenvalue weighted by molar-refractivity contribution is 9.10. The third-order valence-electron chi connectivity index (χ3n) is 12.5. The van der Waals surface area contributed by atoms with Gasteiger partial charge in [-0.25, -0.2) is 18.2 Å². The highest BCUT2D eigenvalue weighted by Gasteiger charge is 2.33. The molecule has 338 valence electrons. The number of aromatic nitrogens is 3. The number of carbonyl (C=O) groups is 2. The van der Waals surface area contributed by atoms with Crippen molar-refractivity contribution in [3.05, 3.63) is 93.5 Å². The predicted octanol–water partition coefficient (Wildman–Crippen LogP) is 7.86. The van der Waals surface area contributed by atoms with Gasteiger partial charge in [0.2, 0.25) is 17.8 Å². The summed E-state index contributed by atoms with van der Waals surface area (Å²) < 4.78 is 64.3. The summed E-state index contributed by atoms with van der Waals surface area (Å²) in [6.45, 7) is 11.5. The van der Waals surface area contributed by atoms with Gasteiger partial charge < -0.3 is 29.7 Å². The number of anilines is 5. The standard InChI is InChI=1S/C46H52BrF3N9O4P/c1-5-28-22-37(54-46-52-25-33(47)44(56-46)53-38-26-51-36-23-29(48)6-7-31(36)43(38)64(3,4)62)40(63-2)24-39(28)59-14-11-30(12-15-59)58-18-16-57(17-19-58)13-10-27-20-34(49)42(35(50)21-27)32-8-9-41(60)55-45(32)61/h6-7,20-26,30,32H,5,8-19H2,1-4H3,(H,55,60,61)(H2,52,53,54,56). The molecule has 3 aromatic carbocycles. The molecule has 0 spiro atoms. The van der Waals surface area contributed by atoms with Gasteiger partial charge in [-0.05, 0) is 103 Å². The number of hydrogen-bond acceptors (Lipinski definition) is 12. The van der Waals surface area contributed by atoms with Gasteiger partial charge in [-0.2, -0.15) is 4.98 Å². The molecule has 3 aliphatic heterocycles. The minimum Gasteiger partial charge on any atom is -0.494 e. The Bertz CT molecular complexity index is 2610. The molecule has 5 aromatic rings. The van der Waals surface area contributed by atoms with Gasteiger partial charge in [-0.15, -0.1) is 0 Å². The lowest BCUT2D eigenvalue weighted by atomic mass is 9.89. The number of piperazine rings is 1. The van der Waals surface area contributed by atoms with E-state index in [4.69, 9.17) is 9.72 Å². The van der Waals surface area contributed by atoms with Crippen molar-refractivity contribution in [2.24, 2.45) is 0 Å². The summed E-state index contributed by atoms with van der Waals surface area (Å²) in [5.74, 6) is -2.59. The molecule has 0 aliphatic carbocycles. The Hall–Kier alpha value is -5.09. The Morgan fingerprint density at radius 1 is 0.906 bits per heavy atom. The Morgan fingerprint density at radius 3 is 2.31 bits per heavy atom. The van der Waals surface area contributed by atoms with Gasteiger partial charge in [0.15, 0.2) is 0 Å². The third kappa shape index (κ3) is 9.92. The van der Waals surface area contributed by atoms with Crippen LogP contribution in [-0.4, -0.2) is 109 Å². The Labute approximate surface area is 379 Å². The molecule has 0 bridgehead atoms. The van der Waals surface area contributed by atoms with Crippen LogP contribution in [0.5, 0.6) is 5.75 Å². The number of amides is 2. The van der Waals surface area contributed by atoms with Gasteiger partial charge in [0.1, 0.15) is 36.2 Å². The van der Waals surface area contributed by atoms with E-state index in [9.17, 15) is 18.5 Å². The van der Waals surface area contributed by atoms with E-state index in [2.05, 4.69) is 75.6 Å². The molecule has 1 unspecified atom stereocenters. The fourth-order valence-electron chi connectivity index (χ4n) is 9.24. The molecular formula is C46H52BrF3N9O4P. The zero-order chi connectivity index (χ0) is 45.3. The topological polar surface area (TPSA) is 145 Å². The molecule has 0 radical (unpaired) electrons. The maximum absolute atomic E-state index is 15.1. The summed E-state index contributed by atoms with van der Waals surface area (Å²) in [5, 5.41) is 9.98. The maximum Gasteiger partial charge on any atom is 0.234 e. The van der Waals surface area contributed by atoms with Crippen LogP contribution in [0.3, 0.4) is 0 Å².